The van der Waals surface area contributed by atoms with E-state index in [9.17, 15) is 18.0 Å². The van der Waals surface area contributed by atoms with Crippen LogP contribution in [-0.4, -0.2) is 27.2 Å². The Morgan fingerprint density at radius 1 is 0.862 bits per heavy atom. The minimum absolute atomic E-state index is 0.0873. The van der Waals surface area contributed by atoms with Crippen LogP contribution in [0.1, 0.15) is 27.6 Å². The number of carbonyl (C=O) groups excluding carboxylic acids is 2. The number of nitrogens with zero attached hydrogens (tertiary/aromatic N) is 1. The summed E-state index contributed by atoms with van der Waals surface area (Å²) in [6, 6.07) is 18.3. The molecule has 0 radical (unpaired) electrons. The lowest BCUT2D eigenvalue weighted by molar-refractivity contribution is 0.101. The molecular weight excluding hydrogens is 388 g/mol. The second kappa shape index (κ2) is 6.86. The molecule has 29 heavy (non-hydrogen) atoms. The molecule has 1 N–H and O–H groups in total. The molecule has 0 saturated heterocycles. The van der Waals surface area contributed by atoms with E-state index in [0.29, 0.717) is 33.6 Å². The quantitative estimate of drug-likeness (QED) is 0.668. The second-order valence-corrected chi connectivity index (χ2v) is 8.73. The van der Waals surface area contributed by atoms with E-state index < -0.39 is 10.0 Å². The lowest BCUT2D eigenvalue weighted by atomic mass is 10.00. The van der Waals surface area contributed by atoms with Crippen molar-refractivity contribution in [3.8, 4) is 11.1 Å². The van der Waals surface area contributed by atoms with E-state index in [-0.39, 0.29) is 16.6 Å². The van der Waals surface area contributed by atoms with Crippen LogP contribution in [0.4, 0.5) is 11.4 Å². The summed E-state index contributed by atoms with van der Waals surface area (Å²) < 4.78 is 26.7. The zero-order valence-corrected chi connectivity index (χ0v) is 16.7. The number of Topliss-reactive ketones (excluding diaryl/α,β-unsaturated/α-hetero) is 1. The molecule has 0 bridgehead atoms. The topological polar surface area (TPSA) is 83.5 Å². The number of anilines is 2. The van der Waals surface area contributed by atoms with Gasteiger partial charge in [0.15, 0.2) is 5.78 Å². The fraction of sp³-hybridized carbons (Fsp3) is 0.0909. The minimum atomic E-state index is -3.63. The Bertz CT molecular complexity index is 1270. The molecule has 1 aliphatic rings. The lowest BCUT2D eigenvalue weighted by Crippen LogP contribution is -2.30. The van der Waals surface area contributed by atoms with E-state index in [0.717, 1.165) is 0 Å². The van der Waals surface area contributed by atoms with Crippen LogP contribution in [0, 0.1) is 0 Å². The fourth-order valence-electron chi connectivity index (χ4n) is 3.38. The highest BCUT2D eigenvalue weighted by Crippen LogP contribution is 2.42. The van der Waals surface area contributed by atoms with E-state index in [1.165, 1.54) is 18.3 Å². The molecule has 0 saturated carbocycles. The van der Waals surface area contributed by atoms with Gasteiger partial charge in [-0.05, 0) is 43.3 Å². The monoisotopic (exact) mass is 406 g/mol. The first-order valence-corrected chi connectivity index (χ1v) is 10.4. The van der Waals surface area contributed by atoms with Crippen LogP contribution in [0.25, 0.3) is 11.1 Å². The smallest absolute Gasteiger partial charge is 0.264 e. The Morgan fingerprint density at radius 3 is 2.38 bits per heavy atom. The van der Waals surface area contributed by atoms with Gasteiger partial charge in [0.2, 0.25) is 0 Å². The van der Waals surface area contributed by atoms with Crippen molar-refractivity contribution in [1.82, 2.24) is 0 Å². The van der Waals surface area contributed by atoms with E-state index in [2.05, 4.69) is 5.32 Å². The van der Waals surface area contributed by atoms with Gasteiger partial charge in [-0.1, -0.05) is 30.3 Å². The molecule has 0 aliphatic carbocycles. The predicted octanol–water partition coefficient (Wildman–Crippen LogP) is 3.95. The average Bonchev–Trinajstić information content (AvgIpc) is 2.72. The van der Waals surface area contributed by atoms with Crippen LogP contribution in [-0.2, 0) is 10.0 Å². The van der Waals surface area contributed by atoms with Crippen molar-refractivity contribution in [2.75, 3.05) is 16.7 Å². The number of nitrogens with one attached hydrogen (secondary N) is 1. The largest absolute Gasteiger partial charge is 0.322 e. The van der Waals surface area contributed by atoms with Gasteiger partial charge < -0.3 is 5.32 Å². The van der Waals surface area contributed by atoms with Gasteiger partial charge in [0.25, 0.3) is 15.9 Å². The molecule has 1 heterocycles. The summed E-state index contributed by atoms with van der Waals surface area (Å²) in [5.74, 6) is -0.433. The SMILES string of the molecule is CC(=O)c1cccc(NC(=O)c2ccc3c(c2)-c2ccccc2S(=O)(=O)N3C)c1. The normalized spacial score (nSPS) is 13.9. The lowest BCUT2D eigenvalue weighted by Gasteiger charge is -2.29. The van der Waals surface area contributed by atoms with Crippen molar-refractivity contribution < 1.29 is 18.0 Å². The molecule has 146 valence electrons. The van der Waals surface area contributed by atoms with Gasteiger partial charge in [0.1, 0.15) is 0 Å². The number of rotatable bonds is 3. The van der Waals surface area contributed by atoms with E-state index in [1.54, 1.807) is 66.7 Å². The molecule has 3 aromatic rings. The molecule has 0 fully saturated rings. The third-order valence-corrected chi connectivity index (χ3v) is 6.77. The molecular formula is C22H18N2O4S. The van der Waals surface area contributed by atoms with Crippen LogP contribution >= 0.6 is 0 Å². The number of amides is 1. The zero-order chi connectivity index (χ0) is 20.8. The number of carbonyl (C=O) groups is 2. The van der Waals surface area contributed by atoms with Crippen molar-refractivity contribution in [2.45, 2.75) is 11.8 Å². The molecule has 0 spiro atoms. The van der Waals surface area contributed by atoms with Gasteiger partial charge in [0, 0.05) is 35.0 Å². The Balaban J connectivity index is 1.73. The summed E-state index contributed by atoms with van der Waals surface area (Å²) in [6.07, 6.45) is 0. The molecule has 6 nitrogen and oxygen atoms in total. The molecule has 3 aromatic carbocycles. The Morgan fingerprint density at radius 2 is 1.62 bits per heavy atom. The van der Waals surface area contributed by atoms with Gasteiger partial charge in [-0.25, -0.2) is 8.42 Å². The standard InChI is InChI=1S/C22H18N2O4S/c1-14(25)15-6-5-7-17(12-15)23-22(26)16-10-11-20-19(13-16)18-8-3-4-9-21(18)29(27,28)24(20)2/h3-13H,1-2H3,(H,23,26). The third-order valence-electron chi connectivity index (χ3n) is 4.94. The summed E-state index contributed by atoms with van der Waals surface area (Å²) in [7, 11) is -2.13. The van der Waals surface area contributed by atoms with Crippen LogP contribution in [0.15, 0.2) is 71.6 Å². The molecule has 4 rings (SSSR count). The Labute approximate surface area is 168 Å². The third kappa shape index (κ3) is 3.19. The van der Waals surface area contributed by atoms with E-state index >= 15 is 0 Å². The number of fused-ring (bicyclic) bond motifs is 3. The van der Waals surface area contributed by atoms with E-state index in [1.807, 2.05) is 0 Å². The molecule has 7 heteroatoms. The van der Waals surface area contributed by atoms with Gasteiger partial charge in [-0.2, -0.15) is 0 Å². The Hall–Kier alpha value is -3.45. The number of benzene rings is 3. The first-order valence-electron chi connectivity index (χ1n) is 8.94. The maximum Gasteiger partial charge on any atom is 0.264 e. The average molecular weight is 406 g/mol. The van der Waals surface area contributed by atoms with Crippen molar-refractivity contribution in [1.29, 1.82) is 0 Å². The van der Waals surface area contributed by atoms with Crippen LogP contribution in [0.5, 0.6) is 0 Å². The second-order valence-electron chi connectivity index (χ2n) is 6.79. The highest BCUT2D eigenvalue weighted by Gasteiger charge is 2.32. The van der Waals surface area contributed by atoms with Crippen molar-refractivity contribution in [2.24, 2.45) is 0 Å². The number of hydrogen-bond donors (Lipinski definition) is 1. The maximum absolute atomic E-state index is 12.8. The summed E-state index contributed by atoms with van der Waals surface area (Å²) >= 11 is 0. The fourth-order valence-corrected chi connectivity index (χ4v) is 4.80. The van der Waals surface area contributed by atoms with Crippen LogP contribution in [0.2, 0.25) is 0 Å². The highest BCUT2D eigenvalue weighted by molar-refractivity contribution is 7.93. The highest BCUT2D eigenvalue weighted by atomic mass is 32.2. The molecule has 0 unspecified atom stereocenters. The van der Waals surface area contributed by atoms with Gasteiger partial charge >= 0.3 is 0 Å². The summed E-state index contributed by atoms with van der Waals surface area (Å²) in [5.41, 5.74) is 3.16. The van der Waals surface area contributed by atoms with Crippen molar-refractivity contribution in [3.63, 3.8) is 0 Å². The van der Waals surface area contributed by atoms with Crippen LogP contribution < -0.4 is 9.62 Å². The van der Waals surface area contributed by atoms with Gasteiger partial charge in [-0.15, -0.1) is 0 Å². The zero-order valence-electron chi connectivity index (χ0n) is 15.8. The summed E-state index contributed by atoms with van der Waals surface area (Å²) in [4.78, 5) is 24.5. The van der Waals surface area contributed by atoms with Crippen molar-refractivity contribution >= 4 is 33.1 Å². The predicted molar refractivity (Wildman–Crippen MR) is 112 cm³/mol. The van der Waals surface area contributed by atoms with E-state index in [4.69, 9.17) is 0 Å². The number of sulfonamides is 1. The first kappa shape index (κ1) is 18.9. The minimum Gasteiger partial charge on any atom is -0.322 e. The van der Waals surface area contributed by atoms with Crippen LogP contribution in [0.3, 0.4) is 0 Å². The molecule has 1 aliphatic heterocycles. The first-order chi connectivity index (χ1) is 13.8. The summed E-state index contributed by atoms with van der Waals surface area (Å²) in [6.45, 7) is 1.46. The number of ketones is 1. The number of hydrogen-bond acceptors (Lipinski definition) is 4. The molecule has 1 amide bonds. The van der Waals surface area contributed by atoms with Gasteiger partial charge in [0.05, 0.1) is 10.6 Å². The van der Waals surface area contributed by atoms with Gasteiger partial charge in [-0.3, -0.25) is 13.9 Å². The van der Waals surface area contributed by atoms with Crippen molar-refractivity contribution in [3.05, 3.63) is 77.9 Å². The maximum atomic E-state index is 12.8. The molecule has 0 aromatic heterocycles. The summed E-state index contributed by atoms with van der Waals surface area (Å²) in [5, 5.41) is 2.79. The molecule has 0 atom stereocenters. The Kier molecular flexibility index (Phi) is 4.47.